The van der Waals surface area contributed by atoms with Gasteiger partial charge in [-0.15, -0.1) is 0 Å². The molecule has 2 aromatic rings. The van der Waals surface area contributed by atoms with Crippen LogP contribution in [0, 0.1) is 19.7 Å². The van der Waals surface area contributed by atoms with Crippen LogP contribution in [0.15, 0.2) is 36.4 Å². The Morgan fingerprint density at radius 2 is 1.88 bits per heavy atom. The molecule has 1 unspecified atom stereocenters. The minimum Gasteiger partial charge on any atom is -0.340 e. The minimum absolute atomic E-state index is 0.0271. The Hall–Kier alpha value is -2.40. The summed E-state index contributed by atoms with van der Waals surface area (Å²) in [7, 11) is 0. The van der Waals surface area contributed by atoms with E-state index in [0.717, 1.165) is 22.9 Å². The van der Waals surface area contributed by atoms with Gasteiger partial charge in [0.2, 0.25) is 5.91 Å². The number of anilines is 1. The maximum atomic E-state index is 13.3. The number of hydrogen-bond donors (Lipinski definition) is 1. The highest BCUT2D eigenvalue weighted by Crippen LogP contribution is 2.25. The maximum absolute atomic E-state index is 13.3. The topological polar surface area (TPSA) is 49.4 Å². The molecule has 0 aromatic heterocycles. The number of amides is 2. The molecule has 1 aliphatic heterocycles. The zero-order valence-electron chi connectivity index (χ0n) is 14.0. The lowest BCUT2D eigenvalue weighted by molar-refractivity contribution is -0.118. The lowest BCUT2D eigenvalue weighted by Gasteiger charge is -2.18. The molecule has 1 aliphatic rings. The van der Waals surface area contributed by atoms with Crippen LogP contribution in [0.2, 0.25) is 5.02 Å². The van der Waals surface area contributed by atoms with Gasteiger partial charge >= 0.3 is 0 Å². The van der Waals surface area contributed by atoms with Crippen LogP contribution in [0.25, 0.3) is 0 Å². The molecule has 130 valence electrons. The molecular weight excluding hydrogens is 343 g/mol. The first-order chi connectivity index (χ1) is 11.8. The predicted octanol–water partition coefficient (Wildman–Crippen LogP) is 3.63. The lowest BCUT2D eigenvalue weighted by Crippen LogP contribution is -2.41. The largest absolute Gasteiger partial charge is 0.340 e. The molecule has 1 saturated heterocycles. The summed E-state index contributed by atoms with van der Waals surface area (Å²) in [5.41, 5.74) is 2.99. The van der Waals surface area contributed by atoms with E-state index in [0.29, 0.717) is 13.0 Å². The molecule has 1 fully saturated rings. The molecule has 2 amide bonds. The molecule has 2 aromatic carbocycles. The van der Waals surface area contributed by atoms with Gasteiger partial charge in [-0.25, -0.2) is 4.39 Å². The molecule has 0 saturated carbocycles. The number of nitrogens with one attached hydrogen (secondary N) is 1. The number of hydrogen-bond acceptors (Lipinski definition) is 2. The zero-order valence-corrected chi connectivity index (χ0v) is 14.7. The third-order valence-corrected chi connectivity index (χ3v) is 4.53. The highest BCUT2D eigenvalue weighted by molar-refractivity contribution is 6.33. The van der Waals surface area contributed by atoms with Crippen molar-refractivity contribution in [2.75, 3.05) is 11.4 Å². The van der Waals surface area contributed by atoms with Gasteiger partial charge in [0, 0.05) is 12.2 Å². The smallest absolute Gasteiger partial charge is 0.253 e. The van der Waals surface area contributed by atoms with E-state index in [9.17, 15) is 14.0 Å². The van der Waals surface area contributed by atoms with Crippen molar-refractivity contribution in [2.45, 2.75) is 26.3 Å². The highest BCUT2D eigenvalue weighted by Gasteiger charge is 2.34. The van der Waals surface area contributed by atoms with E-state index in [1.165, 1.54) is 12.1 Å². The highest BCUT2D eigenvalue weighted by atomic mass is 35.5. The first-order valence-electron chi connectivity index (χ1n) is 8.01. The van der Waals surface area contributed by atoms with Crippen molar-refractivity contribution < 1.29 is 14.0 Å². The van der Waals surface area contributed by atoms with E-state index in [4.69, 9.17) is 11.6 Å². The molecule has 1 heterocycles. The van der Waals surface area contributed by atoms with E-state index >= 15 is 0 Å². The van der Waals surface area contributed by atoms with Crippen LogP contribution >= 0.6 is 11.6 Å². The summed E-state index contributed by atoms with van der Waals surface area (Å²) in [4.78, 5) is 26.7. The Morgan fingerprint density at radius 1 is 1.20 bits per heavy atom. The van der Waals surface area contributed by atoms with Gasteiger partial charge in [0.25, 0.3) is 5.91 Å². The van der Waals surface area contributed by atoms with Gasteiger partial charge in [-0.05, 0) is 61.7 Å². The lowest BCUT2D eigenvalue weighted by atomic mass is 10.1. The van der Waals surface area contributed by atoms with Crippen LogP contribution in [0.5, 0.6) is 0 Å². The molecule has 25 heavy (non-hydrogen) atoms. The summed E-state index contributed by atoms with van der Waals surface area (Å²) in [6.45, 7) is 4.47. The summed E-state index contributed by atoms with van der Waals surface area (Å²) < 4.78 is 13.3. The molecule has 0 radical (unpaired) electrons. The average Bonchev–Trinajstić information content (AvgIpc) is 2.89. The van der Waals surface area contributed by atoms with Gasteiger partial charge in [0.1, 0.15) is 11.9 Å². The van der Waals surface area contributed by atoms with Crippen molar-refractivity contribution in [3.63, 3.8) is 0 Å². The standard InChI is InChI=1S/C19H18ClFN2O2/c1-11-7-12(2)9-14(8-11)23-6-5-17(19(23)25)22-18(24)15-10-13(21)3-4-16(15)20/h3-4,7-10,17H,5-6H2,1-2H3,(H,22,24). The van der Waals surface area contributed by atoms with Gasteiger partial charge in [0.05, 0.1) is 10.6 Å². The van der Waals surface area contributed by atoms with Gasteiger partial charge in [-0.3, -0.25) is 9.59 Å². The number of aryl methyl sites for hydroxylation is 2. The van der Waals surface area contributed by atoms with Crippen LogP contribution in [0.4, 0.5) is 10.1 Å². The van der Waals surface area contributed by atoms with Crippen LogP contribution < -0.4 is 10.2 Å². The number of nitrogens with zero attached hydrogens (tertiary/aromatic N) is 1. The third kappa shape index (κ3) is 3.66. The number of rotatable bonds is 3. The van der Waals surface area contributed by atoms with Crippen LogP contribution in [0.1, 0.15) is 27.9 Å². The van der Waals surface area contributed by atoms with Crippen molar-refractivity contribution in [1.29, 1.82) is 0 Å². The predicted molar refractivity (Wildman–Crippen MR) is 95.6 cm³/mol. The molecule has 0 spiro atoms. The van der Waals surface area contributed by atoms with Crippen LogP contribution in [-0.2, 0) is 4.79 Å². The quantitative estimate of drug-likeness (QED) is 0.908. The molecule has 3 rings (SSSR count). The summed E-state index contributed by atoms with van der Waals surface area (Å²) in [5.74, 6) is -1.28. The van der Waals surface area contributed by atoms with E-state index in [1.54, 1.807) is 4.90 Å². The molecule has 6 heteroatoms. The summed E-state index contributed by atoms with van der Waals surface area (Å²) in [6, 6.07) is 8.85. The van der Waals surface area contributed by atoms with Crippen LogP contribution in [0.3, 0.4) is 0 Å². The van der Waals surface area contributed by atoms with Gasteiger partial charge in [-0.2, -0.15) is 0 Å². The first kappa shape index (κ1) is 17.4. The molecule has 0 aliphatic carbocycles. The number of carbonyl (C=O) groups is 2. The monoisotopic (exact) mass is 360 g/mol. The number of carbonyl (C=O) groups excluding carboxylic acids is 2. The van der Waals surface area contributed by atoms with Crippen molar-refractivity contribution >= 4 is 29.1 Å². The summed E-state index contributed by atoms with van der Waals surface area (Å²) >= 11 is 5.95. The zero-order chi connectivity index (χ0) is 18.1. The number of halogens is 2. The van der Waals surface area contributed by atoms with E-state index < -0.39 is 17.8 Å². The normalized spacial score (nSPS) is 17.0. The summed E-state index contributed by atoms with van der Waals surface area (Å²) in [6.07, 6.45) is 0.491. The Bertz CT molecular complexity index is 833. The van der Waals surface area contributed by atoms with Gasteiger partial charge < -0.3 is 10.2 Å². The van der Waals surface area contributed by atoms with Gasteiger partial charge in [0.15, 0.2) is 0 Å². The fourth-order valence-electron chi connectivity index (χ4n) is 3.08. The fraction of sp³-hybridized carbons (Fsp3) is 0.263. The van der Waals surface area contributed by atoms with E-state index in [1.807, 2.05) is 32.0 Å². The maximum Gasteiger partial charge on any atom is 0.253 e. The average molecular weight is 361 g/mol. The second-order valence-corrected chi connectivity index (χ2v) is 6.68. The van der Waals surface area contributed by atoms with Crippen molar-refractivity contribution in [2.24, 2.45) is 0 Å². The van der Waals surface area contributed by atoms with Crippen molar-refractivity contribution in [3.05, 3.63) is 63.9 Å². The summed E-state index contributed by atoms with van der Waals surface area (Å²) in [5, 5.41) is 2.81. The Balaban J connectivity index is 1.76. The molecular formula is C19H18ClFN2O2. The Morgan fingerprint density at radius 3 is 2.56 bits per heavy atom. The molecule has 0 bridgehead atoms. The van der Waals surface area contributed by atoms with Crippen molar-refractivity contribution in [1.82, 2.24) is 5.32 Å². The Kier molecular flexibility index (Phi) is 4.77. The van der Waals surface area contributed by atoms with E-state index in [2.05, 4.69) is 5.32 Å². The van der Waals surface area contributed by atoms with Crippen LogP contribution in [-0.4, -0.2) is 24.4 Å². The number of benzene rings is 2. The molecule has 1 N–H and O–H groups in total. The molecule has 4 nitrogen and oxygen atoms in total. The van der Waals surface area contributed by atoms with Crippen molar-refractivity contribution in [3.8, 4) is 0 Å². The van der Waals surface area contributed by atoms with Gasteiger partial charge in [-0.1, -0.05) is 17.7 Å². The second kappa shape index (κ2) is 6.84. The minimum atomic E-state index is -0.646. The SMILES string of the molecule is Cc1cc(C)cc(N2CCC(NC(=O)c3cc(F)ccc3Cl)C2=O)c1. The first-order valence-corrected chi connectivity index (χ1v) is 8.38. The molecule has 1 atom stereocenters. The Labute approximate surface area is 150 Å². The van der Waals surface area contributed by atoms with E-state index in [-0.39, 0.29) is 16.5 Å². The third-order valence-electron chi connectivity index (χ3n) is 4.20. The fourth-order valence-corrected chi connectivity index (χ4v) is 3.29. The second-order valence-electron chi connectivity index (χ2n) is 6.27.